The average molecular weight is 732 g/mol. The number of hydrogen-bond donors (Lipinski definition) is 0. The van der Waals surface area contributed by atoms with Gasteiger partial charge in [0.05, 0.1) is 5.41 Å². The molecule has 1 aliphatic rings. The Labute approximate surface area is 329 Å². The van der Waals surface area contributed by atoms with Gasteiger partial charge in [-0.3, -0.25) is 0 Å². The fraction of sp³-hybridized carbons (Fsp3) is 0.0192. The summed E-state index contributed by atoms with van der Waals surface area (Å²) in [6.07, 6.45) is 0. The zero-order valence-corrected chi connectivity index (χ0v) is 31.1. The van der Waals surface area contributed by atoms with Gasteiger partial charge in [0.2, 0.25) is 0 Å². The Morgan fingerprint density at radius 1 is 0.339 bits per heavy atom. The lowest BCUT2D eigenvalue weighted by Crippen LogP contribution is -2.28. The molecular formula is C52H33N3S. The van der Waals surface area contributed by atoms with E-state index in [1.54, 1.807) is 0 Å². The lowest BCUT2D eigenvalue weighted by Gasteiger charge is -2.33. The topological polar surface area (TPSA) is 38.7 Å². The lowest BCUT2D eigenvalue weighted by molar-refractivity contribution is 0.768. The van der Waals surface area contributed by atoms with Crippen LogP contribution in [0, 0.1) is 0 Å². The number of benzene rings is 8. The molecular weight excluding hydrogens is 699 g/mol. The van der Waals surface area contributed by atoms with Crippen LogP contribution >= 0.6 is 11.3 Å². The Bertz CT molecular complexity index is 3020. The van der Waals surface area contributed by atoms with Gasteiger partial charge in [-0.1, -0.05) is 182 Å². The van der Waals surface area contributed by atoms with E-state index < -0.39 is 5.41 Å². The maximum Gasteiger partial charge on any atom is 0.164 e. The SMILES string of the molecule is c1ccc(-c2nc(-c3ccc(-c4cccc5sc6ccccc6c45)cc3)nc(-c3ccc4c(c3)-c3ccccc3C4(c3ccccc3)c3ccccc3)n2)cc1. The van der Waals surface area contributed by atoms with Gasteiger partial charge in [-0.05, 0) is 62.7 Å². The Morgan fingerprint density at radius 2 is 0.839 bits per heavy atom. The number of rotatable bonds is 6. The van der Waals surface area contributed by atoms with Crippen LogP contribution in [-0.2, 0) is 5.41 Å². The van der Waals surface area contributed by atoms with Gasteiger partial charge in [0.25, 0.3) is 0 Å². The summed E-state index contributed by atoms with van der Waals surface area (Å²) in [5.74, 6) is 1.93. The van der Waals surface area contributed by atoms with Gasteiger partial charge in [-0.15, -0.1) is 11.3 Å². The first-order chi connectivity index (χ1) is 27.8. The maximum absolute atomic E-state index is 5.20. The Kier molecular flexibility index (Phi) is 7.58. The predicted molar refractivity (Wildman–Crippen MR) is 232 cm³/mol. The van der Waals surface area contributed by atoms with E-state index in [4.69, 9.17) is 15.0 Å². The third kappa shape index (κ3) is 5.07. The van der Waals surface area contributed by atoms with Crippen LogP contribution < -0.4 is 0 Å². The van der Waals surface area contributed by atoms with Crippen molar-refractivity contribution in [3.63, 3.8) is 0 Å². The Morgan fingerprint density at radius 3 is 1.55 bits per heavy atom. The summed E-state index contributed by atoms with van der Waals surface area (Å²) in [7, 11) is 0. The minimum absolute atomic E-state index is 0.464. The van der Waals surface area contributed by atoms with Crippen LogP contribution in [0.1, 0.15) is 22.3 Å². The number of hydrogen-bond acceptors (Lipinski definition) is 4. The summed E-state index contributed by atoms with van der Waals surface area (Å²) in [5, 5.41) is 2.60. The first-order valence-electron chi connectivity index (χ1n) is 18.9. The molecule has 4 heteroatoms. The molecule has 0 saturated carbocycles. The van der Waals surface area contributed by atoms with Crippen LogP contribution in [-0.4, -0.2) is 15.0 Å². The van der Waals surface area contributed by atoms with Crippen molar-refractivity contribution >= 4 is 31.5 Å². The number of thiophene rings is 1. The van der Waals surface area contributed by atoms with Crippen molar-refractivity contribution < 1.29 is 0 Å². The van der Waals surface area contributed by atoms with Crippen molar-refractivity contribution in [2.75, 3.05) is 0 Å². The summed E-state index contributed by atoms with van der Waals surface area (Å²) in [6, 6.07) is 71.5. The fourth-order valence-corrected chi connectivity index (χ4v) is 9.88. The molecule has 8 aromatic carbocycles. The van der Waals surface area contributed by atoms with Crippen molar-refractivity contribution in [2.24, 2.45) is 0 Å². The van der Waals surface area contributed by atoms with Crippen molar-refractivity contribution in [3.8, 4) is 56.4 Å². The van der Waals surface area contributed by atoms with Crippen LogP contribution in [0.5, 0.6) is 0 Å². The molecule has 0 saturated heterocycles. The van der Waals surface area contributed by atoms with E-state index >= 15 is 0 Å². The zero-order chi connectivity index (χ0) is 37.1. The highest BCUT2D eigenvalue weighted by Crippen LogP contribution is 2.56. The molecule has 0 N–H and O–H groups in total. The van der Waals surface area contributed by atoms with Crippen LogP contribution in [0.25, 0.3) is 76.6 Å². The second kappa shape index (κ2) is 13.1. The number of aromatic nitrogens is 3. The van der Waals surface area contributed by atoms with E-state index in [-0.39, 0.29) is 0 Å². The monoisotopic (exact) mass is 731 g/mol. The molecule has 1 aliphatic carbocycles. The van der Waals surface area contributed by atoms with E-state index in [0.717, 1.165) is 22.3 Å². The van der Waals surface area contributed by atoms with Gasteiger partial charge in [0.1, 0.15) is 0 Å². The third-order valence-corrected chi connectivity index (χ3v) is 12.4. The van der Waals surface area contributed by atoms with Gasteiger partial charge in [0, 0.05) is 36.9 Å². The standard InChI is InChI=1S/C52H33N3S/c1-4-15-35(16-5-1)49-53-50(36-29-27-34(28-30-36)40-23-14-26-47-48(40)42-22-11-13-25-46(42)56-47)55-51(54-49)37-31-32-45-43(33-37)41-21-10-12-24-44(41)52(45,38-17-6-2-7-18-38)39-19-8-3-9-20-39/h1-33H. The highest BCUT2D eigenvalue weighted by Gasteiger charge is 2.46. The molecule has 2 heterocycles. The van der Waals surface area contributed by atoms with Crippen molar-refractivity contribution in [1.82, 2.24) is 15.0 Å². The first kappa shape index (κ1) is 32.4. The maximum atomic E-state index is 5.20. The molecule has 0 unspecified atom stereocenters. The van der Waals surface area contributed by atoms with Crippen molar-refractivity contribution in [2.45, 2.75) is 5.41 Å². The molecule has 0 fully saturated rings. The molecule has 0 atom stereocenters. The van der Waals surface area contributed by atoms with E-state index in [1.165, 1.54) is 59.1 Å². The van der Waals surface area contributed by atoms with E-state index in [1.807, 2.05) is 29.5 Å². The van der Waals surface area contributed by atoms with Gasteiger partial charge >= 0.3 is 0 Å². The smallest absolute Gasteiger partial charge is 0.164 e. The lowest BCUT2D eigenvalue weighted by atomic mass is 9.67. The molecule has 0 bridgehead atoms. The van der Waals surface area contributed by atoms with Crippen LogP contribution in [0.4, 0.5) is 0 Å². The summed E-state index contributed by atoms with van der Waals surface area (Å²) >= 11 is 1.84. The average Bonchev–Trinajstić information content (AvgIpc) is 3.81. The fourth-order valence-electron chi connectivity index (χ4n) is 8.75. The Balaban J connectivity index is 1.06. The van der Waals surface area contributed by atoms with Gasteiger partial charge < -0.3 is 0 Å². The highest BCUT2D eigenvalue weighted by atomic mass is 32.1. The second-order valence-corrected chi connectivity index (χ2v) is 15.4. The van der Waals surface area contributed by atoms with Crippen LogP contribution in [0.2, 0.25) is 0 Å². The van der Waals surface area contributed by atoms with Gasteiger partial charge in [0.15, 0.2) is 17.5 Å². The second-order valence-electron chi connectivity index (χ2n) is 14.3. The summed E-state index contributed by atoms with van der Waals surface area (Å²) in [4.78, 5) is 15.4. The molecule has 0 amide bonds. The molecule has 11 rings (SSSR count). The number of fused-ring (bicyclic) bond motifs is 6. The molecule has 10 aromatic rings. The minimum Gasteiger partial charge on any atom is -0.208 e. The normalized spacial score (nSPS) is 12.8. The number of nitrogens with zero attached hydrogens (tertiary/aromatic N) is 3. The zero-order valence-electron chi connectivity index (χ0n) is 30.3. The van der Waals surface area contributed by atoms with Crippen LogP contribution in [0.3, 0.4) is 0 Å². The van der Waals surface area contributed by atoms with E-state index in [0.29, 0.717) is 17.5 Å². The minimum atomic E-state index is -0.464. The van der Waals surface area contributed by atoms with Gasteiger partial charge in [-0.2, -0.15) is 0 Å². The first-order valence-corrected chi connectivity index (χ1v) is 19.8. The molecule has 2 aromatic heterocycles. The summed E-state index contributed by atoms with van der Waals surface area (Å²) in [5.41, 5.74) is 12.2. The Hall–Kier alpha value is -7.01. The molecule has 262 valence electrons. The van der Waals surface area contributed by atoms with Crippen LogP contribution in [0.15, 0.2) is 200 Å². The quantitative estimate of drug-likeness (QED) is 0.171. The highest BCUT2D eigenvalue weighted by molar-refractivity contribution is 7.25. The third-order valence-electron chi connectivity index (χ3n) is 11.2. The summed E-state index contributed by atoms with van der Waals surface area (Å²) < 4.78 is 2.60. The largest absolute Gasteiger partial charge is 0.208 e. The van der Waals surface area contributed by atoms with Gasteiger partial charge in [-0.25, -0.2) is 15.0 Å². The molecule has 0 aliphatic heterocycles. The van der Waals surface area contributed by atoms with E-state index in [9.17, 15) is 0 Å². The van der Waals surface area contributed by atoms with Crippen molar-refractivity contribution in [1.29, 1.82) is 0 Å². The van der Waals surface area contributed by atoms with Crippen molar-refractivity contribution in [3.05, 3.63) is 222 Å². The molecule has 0 spiro atoms. The molecule has 56 heavy (non-hydrogen) atoms. The molecule has 3 nitrogen and oxygen atoms in total. The van der Waals surface area contributed by atoms with E-state index in [2.05, 4.69) is 182 Å². The molecule has 0 radical (unpaired) electrons. The predicted octanol–water partition coefficient (Wildman–Crippen LogP) is 13.3. The summed E-state index contributed by atoms with van der Waals surface area (Å²) in [6.45, 7) is 0.